The van der Waals surface area contributed by atoms with Crippen molar-refractivity contribution in [2.24, 2.45) is 0 Å². The van der Waals surface area contributed by atoms with Gasteiger partial charge in [0.05, 0.1) is 4.92 Å². The lowest BCUT2D eigenvalue weighted by Crippen LogP contribution is -1.80. The molecular weight excluding hydrogens is 250 g/mol. The summed E-state index contributed by atoms with van der Waals surface area (Å²) in [6.45, 7) is 2.01. The highest BCUT2D eigenvalue weighted by Gasteiger charge is 2.01. The maximum atomic E-state index is 10.2. The van der Waals surface area contributed by atoms with Gasteiger partial charge in [0.1, 0.15) is 5.75 Å². The van der Waals surface area contributed by atoms with E-state index in [4.69, 9.17) is 4.74 Å². The zero-order chi connectivity index (χ0) is 13.0. The molecule has 1 aromatic carbocycles. The van der Waals surface area contributed by atoms with Gasteiger partial charge in [-0.1, -0.05) is 29.0 Å². The summed E-state index contributed by atoms with van der Waals surface area (Å²) in [5.74, 6) is 0.757. The highest BCUT2D eigenvalue weighted by Crippen LogP contribution is 2.30. The van der Waals surface area contributed by atoms with E-state index in [9.17, 15) is 10.1 Å². The van der Waals surface area contributed by atoms with Crippen molar-refractivity contribution in [1.29, 1.82) is 0 Å². The molecule has 18 heavy (non-hydrogen) atoms. The van der Waals surface area contributed by atoms with Gasteiger partial charge in [-0.3, -0.25) is 10.1 Å². The van der Waals surface area contributed by atoms with Crippen molar-refractivity contribution < 1.29 is 9.66 Å². The van der Waals surface area contributed by atoms with Gasteiger partial charge in [-0.05, 0) is 31.2 Å². The second-order valence-corrected chi connectivity index (χ2v) is 4.75. The molecule has 0 saturated carbocycles. The Morgan fingerprint density at radius 2 is 1.94 bits per heavy atom. The van der Waals surface area contributed by atoms with Crippen molar-refractivity contribution in [3.8, 4) is 10.8 Å². The second-order valence-electron chi connectivity index (χ2n) is 3.67. The normalized spacial score (nSPS) is 10.7. The molecule has 4 nitrogen and oxygen atoms in total. The molecule has 5 heteroatoms. The standard InChI is InChI=1S/C13H11NO3S/c1-10-2-4-11(5-3-10)17-13-7-6-12(18-13)8-9-14(15)16/h2-9H,1H3. The van der Waals surface area contributed by atoms with Crippen LogP contribution in [0.25, 0.3) is 6.08 Å². The number of aryl methyl sites for hydroxylation is 1. The minimum atomic E-state index is -0.486. The molecule has 0 fully saturated rings. The molecule has 0 radical (unpaired) electrons. The van der Waals surface area contributed by atoms with Crippen LogP contribution in [-0.4, -0.2) is 4.92 Å². The quantitative estimate of drug-likeness (QED) is 0.615. The second kappa shape index (κ2) is 5.46. The fraction of sp³-hybridized carbons (Fsp3) is 0.0769. The van der Waals surface area contributed by atoms with E-state index in [1.165, 1.54) is 23.0 Å². The van der Waals surface area contributed by atoms with E-state index in [-0.39, 0.29) is 0 Å². The Labute approximate surface area is 108 Å². The summed E-state index contributed by atoms with van der Waals surface area (Å²) in [5.41, 5.74) is 1.17. The van der Waals surface area contributed by atoms with Gasteiger partial charge in [0, 0.05) is 11.0 Å². The lowest BCUT2D eigenvalue weighted by atomic mass is 10.2. The minimum Gasteiger partial charge on any atom is -0.447 e. The van der Waals surface area contributed by atoms with Gasteiger partial charge >= 0.3 is 0 Å². The van der Waals surface area contributed by atoms with E-state index in [0.29, 0.717) is 5.06 Å². The molecule has 0 N–H and O–H groups in total. The van der Waals surface area contributed by atoms with Gasteiger partial charge in [-0.15, -0.1) is 0 Å². The van der Waals surface area contributed by atoms with Crippen LogP contribution in [0.2, 0.25) is 0 Å². The first-order valence-corrected chi connectivity index (χ1v) is 6.11. The van der Waals surface area contributed by atoms with Crippen LogP contribution in [0.5, 0.6) is 10.8 Å². The zero-order valence-corrected chi connectivity index (χ0v) is 10.5. The third-order valence-corrected chi connectivity index (χ3v) is 3.13. The van der Waals surface area contributed by atoms with Crippen molar-refractivity contribution >= 4 is 17.4 Å². The highest BCUT2D eigenvalue weighted by molar-refractivity contribution is 7.14. The maximum Gasteiger partial charge on any atom is 0.235 e. The van der Waals surface area contributed by atoms with Crippen LogP contribution < -0.4 is 4.74 Å². The average molecular weight is 261 g/mol. The summed E-state index contributed by atoms with van der Waals surface area (Å²) in [5, 5.41) is 10.9. The molecule has 0 bridgehead atoms. The molecule has 0 aliphatic heterocycles. The third-order valence-electron chi connectivity index (χ3n) is 2.20. The predicted molar refractivity (Wildman–Crippen MR) is 71.6 cm³/mol. The maximum absolute atomic E-state index is 10.2. The molecule has 1 heterocycles. The van der Waals surface area contributed by atoms with Gasteiger partial charge < -0.3 is 4.74 Å². The molecule has 0 saturated heterocycles. The van der Waals surface area contributed by atoms with Crippen LogP contribution in [0.1, 0.15) is 10.4 Å². The lowest BCUT2D eigenvalue weighted by molar-refractivity contribution is -0.400. The number of nitrogens with zero attached hydrogens (tertiary/aromatic N) is 1. The largest absolute Gasteiger partial charge is 0.447 e. The van der Waals surface area contributed by atoms with Crippen molar-refractivity contribution in [3.63, 3.8) is 0 Å². The van der Waals surface area contributed by atoms with Gasteiger partial charge in [-0.25, -0.2) is 0 Å². The molecule has 2 rings (SSSR count). The first-order chi connectivity index (χ1) is 8.63. The molecule has 0 amide bonds. The molecule has 92 valence electrons. The summed E-state index contributed by atoms with van der Waals surface area (Å²) < 4.78 is 5.64. The van der Waals surface area contributed by atoms with Crippen LogP contribution in [0.4, 0.5) is 0 Å². The fourth-order valence-electron chi connectivity index (χ4n) is 1.34. The monoisotopic (exact) mass is 261 g/mol. The number of rotatable bonds is 4. The van der Waals surface area contributed by atoms with Gasteiger partial charge in [-0.2, -0.15) is 0 Å². The van der Waals surface area contributed by atoms with E-state index in [2.05, 4.69) is 0 Å². The number of ether oxygens (including phenoxy) is 1. The first-order valence-electron chi connectivity index (χ1n) is 5.29. The van der Waals surface area contributed by atoms with E-state index in [1.54, 1.807) is 12.1 Å². The zero-order valence-electron chi connectivity index (χ0n) is 9.70. The Kier molecular flexibility index (Phi) is 3.74. The van der Waals surface area contributed by atoms with Crippen LogP contribution in [0.3, 0.4) is 0 Å². The summed E-state index contributed by atoms with van der Waals surface area (Å²) in [4.78, 5) is 10.5. The predicted octanol–water partition coefficient (Wildman–Crippen LogP) is 4.10. The van der Waals surface area contributed by atoms with Gasteiger partial charge in [0.2, 0.25) is 6.20 Å². The molecule has 0 aliphatic rings. The smallest absolute Gasteiger partial charge is 0.235 e. The van der Waals surface area contributed by atoms with Crippen molar-refractivity contribution in [2.75, 3.05) is 0 Å². The molecule has 2 aromatic rings. The van der Waals surface area contributed by atoms with Crippen LogP contribution in [-0.2, 0) is 0 Å². The Hall–Kier alpha value is -2.14. The van der Waals surface area contributed by atoms with Crippen molar-refractivity contribution in [2.45, 2.75) is 6.92 Å². The number of hydrogen-bond acceptors (Lipinski definition) is 4. The molecular formula is C13H11NO3S. The molecule has 0 aliphatic carbocycles. The molecule has 0 atom stereocenters. The van der Waals surface area contributed by atoms with Crippen molar-refractivity contribution in [1.82, 2.24) is 0 Å². The third kappa shape index (κ3) is 3.43. The van der Waals surface area contributed by atoms with E-state index in [0.717, 1.165) is 16.8 Å². The molecule has 0 unspecified atom stereocenters. The van der Waals surface area contributed by atoms with E-state index >= 15 is 0 Å². The number of nitro groups is 1. The Morgan fingerprint density at radius 1 is 1.22 bits per heavy atom. The van der Waals surface area contributed by atoms with Gasteiger partial charge in [0.15, 0.2) is 5.06 Å². The van der Waals surface area contributed by atoms with Crippen LogP contribution >= 0.6 is 11.3 Å². The Balaban J connectivity index is 2.06. The SMILES string of the molecule is Cc1ccc(Oc2ccc(C=C[N+](=O)[O-])s2)cc1. The minimum absolute atomic E-state index is 0.486. The average Bonchev–Trinajstić information content (AvgIpc) is 2.77. The van der Waals surface area contributed by atoms with Crippen LogP contribution in [0, 0.1) is 17.0 Å². The lowest BCUT2D eigenvalue weighted by Gasteiger charge is -2.02. The summed E-state index contributed by atoms with van der Waals surface area (Å²) in [7, 11) is 0. The Morgan fingerprint density at radius 3 is 2.61 bits per heavy atom. The summed E-state index contributed by atoms with van der Waals surface area (Å²) in [6, 6.07) is 11.3. The number of benzene rings is 1. The fourth-order valence-corrected chi connectivity index (χ4v) is 2.11. The first kappa shape index (κ1) is 12.3. The van der Waals surface area contributed by atoms with E-state index in [1.807, 2.05) is 31.2 Å². The number of hydrogen-bond donors (Lipinski definition) is 0. The van der Waals surface area contributed by atoms with E-state index < -0.39 is 4.92 Å². The summed E-state index contributed by atoms with van der Waals surface area (Å²) in [6.07, 6.45) is 2.37. The van der Waals surface area contributed by atoms with Gasteiger partial charge in [0.25, 0.3) is 0 Å². The number of thiophene rings is 1. The molecule has 1 aromatic heterocycles. The Bertz CT molecular complexity index is 572. The highest BCUT2D eigenvalue weighted by atomic mass is 32.1. The van der Waals surface area contributed by atoms with Crippen molar-refractivity contribution in [3.05, 3.63) is 63.2 Å². The van der Waals surface area contributed by atoms with Crippen LogP contribution in [0.15, 0.2) is 42.6 Å². The summed E-state index contributed by atoms with van der Waals surface area (Å²) >= 11 is 1.36. The molecule has 0 spiro atoms. The topological polar surface area (TPSA) is 52.4 Å².